The van der Waals surface area contributed by atoms with Gasteiger partial charge in [-0.05, 0) is 24.6 Å². The first kappa shape index (κ1) is 14.3. The van der Waals surface area contributed by atoms with Crippen molar-refractivity contribution in [2.24, 2.45) is 0 Å². The largest absolute Gasteiger partial charge is 0.508 e. The van der Waals surface area contributed by atoms with Gasteiger partial charge in [0.15, 0.2) is 5.25 Å². The fourth-order valence-electron chi connectivity index (χ4n) is 1.41. The molecule has 0 bridgehead atoms. The zero-order valence-electron chi connectivity index (χ0n) is 9.92. The van der Waals surface area contributed by atoms with Gasteiger partial charge in [0, 0.05) is 17.8 Å². The van der Waals surface area contributed by atoms with Gasteiger partial charge in [-0.2, -0.15) is 5.26 Å². The van der Waals surface area contributed by atoms with Crippen molar-refractivity contribution in [1.82, 2.24) is 4.72 Å². The van der Waals surface area contributed by atoms with Gasteiger partial charge in [-0.3, -0.25) is 0 Å². The van der Waals surface area contributed by atoms with Gasteiger partial charge in [-0.25, -0.2) is 13.1 Å². The highest BCUT2D eigenvalue weighted by molar-refractivity contribution is 7.90. The lowest BCUT2D eigenvalue weighted by molar-refractivity contribution is 0.467. The highest BCUT2D eigenvalue weighted by Crippen LogP contribution is 2.19. The smallest absolute Gasteiger partial charge is 0.228 e. The summed E-state index contributed by atoms with van der Waals surface area (Å²) in [6, 6.07) is 6.09. The van der Waals surface area contributed by atoms with Crippen LogP contribution in [0, 0.1) is 11.3 Å². The molecule has 0 amide bonds. The van der Waals surface area contributed by atoms with Crippen LogP contribution in [0.5, 0.6) is 5.75 Å². The Morgan fingerprint density at radius 2 is 2.22 bits per heavy atom. The van der Waals surface area contributed by atoms with Crippen molar-refractivity contribution < 1.29 is 13.5 Å². The van der Waals surface area contributed by atoms with E-state index in [1.165, 1.54) is 18.2 Å². The first-order valence-electron chi connectivity index (χ1n) is 5.36. The van der Waals surface area contributed by atoms with E-state index >= 15 is 0 Å². The summed E-state index contributed by atoms with van der Waals surface area (Å²) < 4.78 is 25.7. The lowest BCUT2D eigenvalue weighted by Crippen LogP contribution is -2.32. The molecule has 0 fully saturated rings. The Morgan fingerprint density at radius 1 is 1.56 bits per heavy atom. The summed E-state index contributed by atoms with van der Waals surface area (Å²) in [5.74, 6) is -0.0445. The first-order valence-corrected chi connectivity index (χ1v) is 6.90. The lowest BCUT2D eigenvalue weighted by atomic mass is 10.2. The standard InChI is InChI=1S/C11H15N3O3S/c1-2-10(6-12)18(16,17)14-7-8-5-9(13)3-4-11(8)15/h3-5,10,14-15H,2,7,13H2,1H3. The van der Waals surface area contributed by atoms with E-state index in [9.17, 15) is 13.5 Å². The molecule has 0 spiro atoms. The van der Waals surface area contributed by atoms with Gasteiger partial charge in [0.2, 0.25) is 10.0 Å². The molecule has 1 aromatic carbocycles. The molecular weight excluding hydrogens is 254 g/mol. The van der Waals surface area contributed by atoms with Gasteiger partial charge in [-0.15, -0.1) is 0 Å². The summed E-state index contributed by atoms with van der Waals surface area (Å²) in [4.78, 5) is 0. The van der Waals surface area contributed by atoms with Crippen molar-refractivity contribution in [3.05, 3.63) is 23.8 Å². The summed E-state index contributed by atoms with van der Waals surface area (Å²) >= 11 is 0. The molecule has 98 valence electrons. The molecule has 0 saturated heterocycles. The van der Waals surface area contributed by atoms with E-state index in [1.807, 2.05) is 0 Å². The van der Waals surface area contributed by atoms with Crippen LogP contribution in [0.4, 0.5) is 5.69 Å². The molecule has 0 aliphatic heterocycles. The minimum absolute atomic E-state index is 0.0445. The van der Waals surface area contributed by atoms with E-state index in [0.717, 1.165) is 0 Å². The second-order valence-electron chi connectivity index (χ2n) is 3.78. The molecule has 0 aliphatic carbocycles. The van der Waals surface area contributed by atoms with E-state index in [2.05, 4.69) is 4.72 Å². The molecule has 18 heavy (non-hydrogen) atoms. The molecule has 1 unspecified atom stereocenters. The van der Waals surface area contributed by atoms with E-state index in [1.54, 1.807) is 13.0 Å². The van der Waals surface area contributed by atoms with Crippen LogP contribution in [0.3, 0.4) is 0 Å². The maximum atomic E-state index is 11.7. The van der Waals surface area contributed by atoms with Crippen LogP contribution < -0.4 is 10.5 Å². The Labute approximate surface area is 106 Å². The van der Waals surface area contributed by atoms with Gasteiger partial charge in [0.25, 0.3) is 0 Å². The molecule has 7 heteroatoms. The SMILES string of the molecule is CCC(C#N)S(=O)(=O)NCc1cc(N)ccc1O. The number of nitrogen functional groups attached to an aromatic ring is 1. The number of rotatable bonds is 5. The fraction of sp³-hybridized carbons (Fsp3) is 0.364. The van der Waals surface area contributed by atoms with E-state index in [0.29, 0.717) is 11.3 Å². The Bertz CT molecular complexity index is 563. The van der Waals surface area contributed by atoms with Crippen LogP contribution in [-0.4, -0.2) is 18.8 Å². The number of aromatic hydroxyl groups is 1. The van der Waals surface area contributed by atoms with Gasteiger partial charge in [0.1, 0.15) is 5.75 Å². The number of hydrogen-bond acceptors (Lipinski definition) is 5. The predicted octanol–water partition coefficient (Wildman–Crippen LogP) is 0.696. The average molecular weight is 269 g/mol. The molecule has 1 aromatic rings. The maximum absolute atomic E-state index is 11.7. The normalized spacial score (nSPS) is 12.9. The third kappa shape index (κ3) is 3.35. The van der Waals surface area contributed by atoms with Crippen LogP contribution in [0.2, 0.25) is 0 Å². The van der Waals surface area contributed by atoms with Crippen LogP contribution in [-0.2, 0) is 16.6 Å². The minimum Gasteiger partial charge on any atom is -0.508 e. The Hall–Kier alpha value is -1.78. The van der Waals surface area contributed by atoms with Crippen LogP contribution in [0.1, 0.15) is 18.9 Å². The molecule has 6 nitrogen and oxygen atoms in total. The molecule has 0 radical (unpaired) electrons. The maximum Gasteiger partial charge on any atom is 0.228 e. The Morgan fingerprint density at radius 3 is 2.78 bits per heavy atom. The number of benzene rings is 1. The molecule has 0 heterocycles. The van der Waals surface area contributed by atoms with Crippen LogP contribution >= 0.6 is 0 Å². The first-order chi connectivity index (χ1) is 8.40. The zero-order valence-corrected chi connectivity index (χ0v) is 10.7. The minimum atomic E-state index is -3.71. The van der Waals surface area contributed by atoms with Crippen molar-refractivity contribution >= 4 is 15.7 Å². The number of nitrogens with zero attached hydrogens (tertiary/aromatic N) is 1. The van der Waals surface area contributed by atoms with Crippen molar-refractivity contribution in [2.45, 2.75) is 25.1 Å². The van der Waals surface area contributed by atoms with Crippen molar-refractivity contribution in [2.75, 3.05) is 5.73 Å². The van der Waals surface area contributed by atoms with E-state index < -0.39 is 15.3 Å². The Kier molecular flexibility index (Phi) is 4.53. The molecule has 0 aliphatic rings. The van der Waals surface area contributed by atoms with Gasteiger partial charge in [0.05, 0.1) is 6.07 Å². The topological polar surface area (TPSA) is 116 Å². The number of hydrogen-bond donors (Lipinski definition) is 3. The quantitative estimate of drug-likeness (QED) is 0.537. The highest BCUT2D eigenvalue weighted by atomic mass is 32.2. The Balaban J connectivity index is 2.83. The fourth-order valence-corrected chi connectivity index (χ4v) is 2.54. The van der Waals surface area contributed by atoms with Gasteiger partial charge < -0.3 is 10.8 Å². The summed E-state index contributed by atoms with van der Waals surface area (Å²) in [7, 11) is -3.71. The zero-order chi connectivity index (χ0) is 13.8. The summed E-state index contributed by atoms with van der Waals surface area (Å²) in [6.45, 7) is 1.52. The van der Waals surface area contributed by atoms with Crippen LogP contribution in [0.25, 0.3) is 0 Å². The third-order valence-electron chi connectivity index (χ3n) is 2.46. The third-order valence-corrected chi connectivity index (χ3v) is 4.19. The highest BCUT2D eigenvalue weighted by Gasteiger charge is 2.23. The molecule has 1 rings (SSSR count). The molecule has 0 aromatic heterocycles. The number of sulfonamides is 1. The number of nitriles is 1. The molecule has 0 saturated carbocycles. The van der Waals surface area contributed by atoms with E-state index in [-0.39, 0.29) is 18.7 Å². The van der Waals surface area contributed by atoms with Crippen molar-refractivity contribution in [1.29, 1.82) is 5.26 Å². The number of anilines is 1. The molecule has 1 atom stereocenters. The summed E-state index contributed by atoms with van der Waals surface area (Å²) in [5.41, 5.74) is 6.33. The van der Waals surface area contributed by atoms with Gasteiger partial charge in [-0.1, -0.05) is 6.92 Å². The van der Waals surface area contributed by atoms with Crippen molar-refractivity contribution in [3.8, 4) is 11.8 Å². The van der Waals surface area contributed by atoms with Crippen molar-refractivity contribution in [3.63, 3.8) is 0 Å². The predicted molar refractivity (Wildman–Crippen MR) is 68.0 cm³/mol. The second-order valence-corrected chi connectivity index (χ2v) is 5.73. The second kappa shape index (κ2) is 5.71. The number of phenolic OH excluding ortho intramolecular Hbond substituents is 1. The summed E-state index contributed by atoms with van der Waals surface area (Å²) in [5, 5.41) is 17.2. The monoisotopic (exact) mass is 269 g/mol. The molecular formula is C11H15N3O3S. The molecule has 4 N–H and O–H groups in total. The number of nitrogens with one attached hydrogen (secondary N) is 1. The average Bonchev–Trinajstić information content (AvgIpc) is 2.31. The van der Waals surface area contributed by atoms with Crippen LogP contribution in [0.15, 0.2) is 18.2 Å². The van der Waals surface area contributed by atoms with E-state index in [4.69, 9.17) is 11.0 Å². The lowest BCUT2D eigenvalue weighted by Gasteiger charge is -2.11. The van der Waals surface area contributed by atoms with Gasteiger partial charge >= 0.3 is 0 Å². The summed E-state index contributed by atoms with van der Waals surface area (Å²) in [6.07, 6.45) is 0.203. The number of nitrogens with two attached hydrogens (primary N) is 1. The number of phenols is 1.